The molecule has 1 N–H and O–H groups in total. The second-order valence-corrected chi connectivity index (χ2v) is 13.2. The van der Waals surface area contributed by atoms with Crippen molar-refractivity contribution in [3.05, 3.63) is 64.2 Å². The maximum atomic E-state index is 14.1. The van der Waals surface area contributed by atoms with E-state index >= 15 is 0 Å². The van der Waals surface area contributed by atoms with Crippen LogP contribution in [0.15, 0.2) is 48.0 Å². The number of carbonyl (C=O) groups is 4. The molecule has 6 unspecified atom stereocenters. The Hall–Kier alpha value is -2.59. The molecule has 220 valence electrons. The normalized spacial score (nSPS) is 32.1. The molecule has 2 heterocycles. The van der Waals surface area contributed by atoms with Crippen LogP contribution >= 0.6 is 50.7 Å². The van der Waals surface area contributed by atoms with Crippen molar-refractivity contribution in [3.8, 4) is 11.5 Å². The Labute approximate surface area is 265 Å². The largest absolute Gasteiger partial charge is 0.503 e. The predicted octanol–water partition coefficient (Wildman–Crippen LogP) is 5.53. The molecule has 8 nitrogen and oxygen atoms in total. The molecule has 0 bridgehead atoms. The molecular formula is C30H26BrCl3N2O6. The summed E-state index contributed by atoms with van der Waals surface area (Å²) in [4.78, 5) is 53.7. The number of hydrogen-bond acceptors (Lipinski definition) is 6. The highest BCUT2D eigenvalue weighted by molar-refractivity contribution is 9.09. The zero-order valence-electron chi connectivity index (χ0n) is 22.6. The number of phenols is 1. The number of halogens is 4. The number of allylic oxidation sites excluding steroid dienone is 2. The van der Waals surface area contributed by atoms with E-state index in [-0.39, 0.29) is 46.6 Å². The number of nitrogens with zero attached hydrogens (tertiary/aromatic N) is 2. The number of carbonyl (C=O) groups excluding carboxylic acids is 4. The number of ether oxygens (including phenoxy) is 1. The summed E-state index contributed by atoms with van der Waals surface area (Å²) in [5, 5.41) is 10.4. The maximum Gasteiger partial charge on any atom is 0.254 e. The summed E-state index contributed by atoms with van der Waals surface area (Å²) in [5.74, 6) is -5.54. The van der Waals surface area contributed by atoms with Crippen molar-refractivity contribution in [2.45, 2.75) is 41.9 Å². The van der Waals surface area contributed by atoms with Crippen LogP contribution in [0, 0.1) is 17.8 Å². The summed E-state index contributed by atoms with van der Waals surface area (Å²) in [6, 6.07) is 10.2. The van der Waals surface area contributed by atoms with E-state index in [9.17, 15) is 24.3 Å². The summed E-state index contributed by atoms with van der Waals surface area (Å²) >= 11 is 24.1. The third-order valence-electron chi connectivity index (χ3n) is 9.22. The predicted molar refractivity (Wildman–Crippen MR) is 161 cm³/mol. The van der Waals surface area contributed by atoms with Gasteiger partial charge in [-0.1, -0.05) is 58.2 Å². The maximum absolute atomic E-state index is 14.1. The summed E-state index contributed by atoms with van der Waals surface area (Å²) < 4.78 is 5.33. The Kier molecular flexibility index (Phi) is 7.20. The zero-order chi connectivity index (χ0) is 30.3. The molecule has 2 aliphatic heterocycles. The molecule has 0 aromatic heterocycles. The molecule has 3 fully saturated rings. The second kappa shape index (κ2) is 10.3. The average Bonchev–Trinajstić information content (AvgIpc) is 3.32. The highest BCUT2D eigenvalue weighted by Gasteiger charge is 2.76. The highest BCUT2D eigenvalue weighted by atomic mass is 79.9. The van der Waals surface area contributed by atoms with Gasteiger partial charge in [0.2, 0.25) is 11.8 Å². The average molecular weight is 697 g/mol. The molecule has 2 aromatic carbocycles. The molecule has 0 spiro atoms. The SMILES string of the molecule is CCc1ccc(N2C(=O)C3CC=C4C(CC5(Cl)C(=O)N(CBr)C(=O)C5(Cl)C4c4cc(Cl)c(O)c(OC)c4)C3C2=O)cc1. The van der Waals surface area contributed by atoms with Crippen LogP contribution in [-0.2, 0) is 25.6 Å². The first-order chi connectivity index (χ1) is 19.9. The van der Waals surface area contributed by atoms with Crippen LogP contribution in [0.5, 0.6) is 11.5 Å². The van der Waals surface area contributed by atoms with Gasteiger partial charge in [-0.2, -0.15) is 0 Å². The van der Waals surface area contributed by atoms with Gasteiger partial charge in [-0.3, -0.25) is 29.0 Å². The number of imide groups is 2. The Balaban J connectivity index is 1.52. The minimum Gasteiger partial charge on any atom is -0.503 e. The third-order valence-corrected chi connectivity index (χ3v) is 11.4. The van der Waals surface area contributed by atoms with Crippen molar-refractivity contribution in [2.75, 3.05) is 17.5 Å². The molecule has 4 amide bonds. The topological polar surface area (TPSA) is 104 Å². The molecule has 4 aliphatic rings. The van der Waals surface area contributed by atoms with Gasteiger partial charge >= 0.3 is 0 Å². The monoisotopic (exact) mass is 694 g/mol. The first-order valence-corrected chi connectivity index (χ1v) is 15.7. The lowest BCUT2D eigenvalue weighted by atomic mass is 9.56. The number of methoxy groups -OCH3 is 1. The number of amides is 4. The van der Waals surface area contributed by atoms with Gasteiger partial charge in [-0.05, 0) is 60.6 Å². The molecule has 1 saturated carbocycles. The molecule has 12 heteroatoms. The van der Waals surface area contributed by atoms with Gasteiger partial charge in [0.1, 0.15) is 0 Å². The Morgan fingerprint density at radius 1 is 1.05 bits per heavy atom. The molecular weight excluding hydrogens is 671 g/mol. The van der Waals surface area contributed by atoms with Crippen LogP contribution in [-0.4, -0.2) is 55.9 Å². The molecule has 2 saturated heterocycles. The number of benzene rings is 2. The smallest absolute Gasteiger partial charge is 0.254 e. The van der Waals surface area contributed by atoms with E-state index in [4.69, 9.17) is 39.5 Å². The molecule has 6 atom stereocenters. The number of anilines is 1. The Bertz CT molecular complexity index is 1580. The van der Waals surface area contributed by atoms with Crippen molar-refractivity contribution in [1.82, 2.24) is 4.90 Å². The van der Waals surface area contributed by atoms with Gasteiger partial charge in [0.05, 0.1) is 35.1 Å². The minimum absolute atomic E-state index is 0.0392. The lowest BCUT2D eigenvalue weighted by Gasteiger charge is -2.50. The molecule has 0 radical (unpaired) electrons. The van der Waals surface area contributed by atoms with Crippen molar-refractivity contribution >= 4 is 80.0 Å². The van der Waals surface area contributed by atoms with Crippen molar-refractivity contribution in [2.24, 2.45) is 17.8 Å². The number of hydrogen-bond donors (Lipinski definition) is 1. The van der Waals surface area contributed by atoms with Gasteiger partial charge in [-0.15, -0.1) is 23.2 Å². The van der Waals surface area contributed by atoms with E-state index in [0.29, 0.717) is 16.8 Å². The standard InChI is InChI=1S/C30H26BrCl3N2O6/c1-3-14-4-6-16(7-5-14)36-25(38)18-9-8-17-19(22(18)26(36)39)12-29(33)27(40)35(13-31)28(41)30(29,34)23(17)15-10-20(32)24(37)21(11-15)42-2/h4-8,10-11,18-19,22-23,37H,3,9,12-13H2,1-2H3. The van der Waals surface area contributed by atoms with E-state index < -0.39 is 45.2 Å². The van der Waals surface area contributed by atoms with Gasteiger partial charge in [-0.25, -0.2) is 0 Å². The lowest BCUT2D eigenvalue weighted by molar-refractivity contribution is -0.138. The summed E-state index contributed by atoms with van der Waals surface area (Å²) in [7, 11) is 1.35. The number of aromatic hydroxyl groups is 1. The Morgan fingerprint density at radius 2 is 1.74 bits per heavy atom. The summed E-state index contributed by atoms with van der Waals surface area (Å²) in [6.45, 7) is 2.02. The molecule has 2 aromatic rings. The van der Waals surface area contributed by atoms with Crippen LogP contribution in [0.25, 0.3) is 0 Å². The highest BCUT2D eigenvalue weighted by Crippen LogP contribution is 2.66. The lowest BCUT2D eigenvalue weighted by Crippen LogP contribution is -2.60. The van der Waals surface area contributed by atoms with Gasteiger partial charge in [0.15, 0.2) is 21.2 Å². The van der Waals surface area contributed by atoms with E-state index in [1.54, 1.807) is 12.1 Å². The van der Waals surface area contributed by atoms with Crippen LogP contribution < -0.4 is 9.64 Å². The first kappa shape index (κ1) is 29.5. The quantitative estimate of drug-likeness (QED) is 0.191. The number of phenolic OH excluding ortho intramolecular Hbond substituents is 1. The van der Waals surface area contributed by atoms with E-state index in [1.165, 1.54) is 24.1 Å². The van der Waals surface area contributed by atoms with Gasteiger partial charge < -0.3 is 9.84 Å². The van der Waals surface area contributed by atoms with Crippen molar-refractivity contribution < 1.29 is 29.0 Å². The molecule has 2 aliphatic carbocycles. The first-order valence-electron chi connectivity index (χ1n) is 13.5. The molecule has 6 rings (SSSR count). The van der Waals surface area contributed by atoms with E-state index in [0.717, 1.165) is 16.9 Å². The van der Waals surface area contributed by atoms with Crippen molar-refractivity contribution in [1.29, 1.82) is 0 Å². The fraction of sp³-hybridized carbons (Fsp3) is 0.400. The van der Waals surface area contributed by atoms with Crippen LogP contribution in [0.4, 0.5) is 5.69 Å². The minimum atomic E-state index is -1.98. The number of fused-ring (bicyclic) bond motifs is 4. The fourth-order valence-corrected chi connectivity index (χ4v) is 8.82. The second-order valence-electron chi connectivity index (χ2n) is 11.1. The number of likely N-dealkylation sites (tertiary alicyclic amines) is 1. The summed E-state index contributed by atoms with van der Waals surface area (Å²) in [5.41, 5.74) is 2.42. The number of aryl methyl sites for hydroxylation is 1. The number of alkyl halides is 3. The van der Waals surface area contributed by atoms with Gasteiger partial charge in [0.25, 0.3) is 11.8 Å². The Morgan fingerprint density at radius 3 is 2.36 bits per heavy atom. The fourth-order valence-electron chi connectivity index (χ4n) is 7.18. The zero-order valence-corrected chi connectivity index (χ0v) is 26.4. The summed E-state index contributed by atoms with van der Waals surface area (Å²) in [6.07, 6.45) is 2.76. The number of rotatable bonds is 5. The molecule has 42 heavy (non-hydrogen) atoms. The van der Waals surface area contributed by atoms with E-state index in [2.05, 4.69) is 15.9 Å². The third kappa shape index (κ3) is 3.79. The van der Waals surface area contributed by atoms with Crippen LogP contribution in [0.3, 0.4) is 0 Å². The van der Waals surface area contributed by atoms with Crippen molar-refractivity contribution in [3.63, 3.8) is 0 Å². The van der Waals surface area contributed by atoms with Gasteiger partial charge in [0, 0.05) is 5.92 Å². The van der Waals surface area contributed by atoms with Crippen LogP contribution in [0.2, 0.25) is 5.02 Å². The van der Waals surface area contributed by atoms with Crippen LogP contribution in [0.1, 0.15) is 36.8 Å². The van der Waals surface area contributed by atoms with E-state index in [1.807, 2.05) is 25.1 Å².